The van der Waals surface area contributed by atoms with E-state index in [0.29, 0.717) is 44.4 Å². The minimum absolute atomic E-state index is 0.130. The van der Waals surface area contributed by atoms with Gasteiger partial charge in [-0.25, -0.2) is 4.79 Å². The van der Waals surface area contributed by atoms with Crippen LogP contribution in [0.2, 0.25) is 0 Å². The van der Waals surface area contributed by atoms with Crippen molar-refractivity contribution in [1.82, 2.24) is 4.90 Å². The van der Waals surface area contributed by atoms with E-state index >= 15 is 0 Å². The minimum Gasteiger partial charge on any atom is -0.490 e. The van der Waals surface area contributed by atoms with Crippen LogP contribution in [0.3, 0.4) is 0 Å². The van der Waals surface area contributed by atoms with Gasteiger partial charge in [-0.3, -0.25) is 4.79 Å². The maximum Gasteiger partial charge on any atom is 0.339 e. The van der Waals surface area contributed by atoms with Crippen LogP contribution in [0.25, 0.3) is 0 Å². The molecule has 0 spiro atoms. The second-order valence-corrected chi connectivity index (χ2v) is 5.55. The number of ether oxygens (including phenoxy) is 4. The van der Waals surface area contributed by atoms with Crippen molar-refractivity contribution in [3.8, 4) is 17.6 Å². The number of rotatable bonds is 7. The number of esters is 1. The molecule has 1 atom stereocenters. The molecule has 1 saturated heterocycles. The van der Waals surface area contributed by atoms with Gasteiger partial charge in [0, 0.05) is 13.1 Å². The van der Waals surface area contributed by atoms with Gasteiger partial charge in [-0.05, 0) is 32.0 Å². The molecule has 1 aliphatic rings. The Bertz CT molecular complexity index is 679. The lowest BCUT2D eigenvalue weighted by Crippen LogP contribution is -2.43. The monoisotopic (exact) mass is 362 g/mol. The molecule has 0 aromatic heterocycles. The summed E-state index contributed by atoms with van der Waals surface area (Å²) < 4.78 is 21.3. The highest BCUT2D eigenvalue weighted by Gasteiger charge is 2.19. The van der Waals surface area contributed by atoms with Crippen molar-refractivity contribution in [3.63, 3.8) is 0 Å². The van der Waals surface area contributed by atoms with Gasteiger partial charge in [0.1, 0.15) is 6.07 Å². The molecule has 2 rings (SSSR count). The van der Waals surface area contributed by atoms with Crippen LogP contribution in [0.1, 0.15) is 24.2 Å². The number of amides is 1. The molecule has 0 radical (unpaired) electrons. The molecular formula is C18H22N2O6. The van der Waals surface area contributed by atoms with Crippen LogP contribution in [0, 0.1) is 11.3 Å². The molecule has 1 aromatic carbocycles. The molecule has 140 valence electrons. The highest BCUT2D eigenvalue weighted by Crippen LogP contribution is 2.29. The van der Waals surface area contributed by atoms with Gasteiger partial charge in [0.05, 0.1) is 25.4 Å². The van der Waals surface area contributed by atoms with E-state index in [0.717, 1.165) is 0 Å². The summed E-state index contributed by atoms with van der Waals surface area (Å²) in [6.45, 7) is 5.64. The van der Waals surface area contributed by atoms with E-state index in [-0.39, 0.29) is 18.1 Å². The third-order valence-corrected chi connectivity index (χ3v) is 3.66. The number of nitriles is 1. The fourth-order valence-electron chi connectivity index (χ4n) is 2.32. The van der Waals surface area contributed by atoms with Crippen molar-refractivity contribution < 1.29 is 28.5 Å². The highest BCUT2D eigenvalue weighted by molar-refractivity contribution is 5.90. The van der Waals surface area contributed by atoms with Gasteiger partial charge in [-0.1, -0.05) is 0 Å². The van der Waals surface area contributed by atoms with Crippen LogP contribution in [0.5, 0.6) is 11.5 Å². The third kappa shape index (κ3) is 5.36. The Labute approximate surface area is 152 Å². The molecule has 1 amide bonds. The average molecular weight is 362 g/mol. The smallest absolute Gasteiger partial charge is 0.339 e. The fourth-order valence-corrected chi connectivity index (χ4v) is 2.32. The van der Waals surface area contributed by atoms with Gasteiger partial charge in [-0.2, -0.15) is 5.26 Å². The van der Waals surface area contributed by atoms with E-state index in [1.165, 1.54) is 19.1 Å². The first-order valence-corrected chi connectivity index (χ1v) is 8.41. The molecule has 26 heavy (non-hydrogen) atoms. The van der Waals surface area contributed by atoms with Gasteiger partial charge in [0.2, 0.25) is 0 Å². The maximum absolute atomic E-state index is 12.2. The van der Waals surface area contributed by atoms with Gasteiger partial charge in [-0.15, -0.1) is 0 Å². The standard InChI is InChI=1S/C18H22N2O6/c1-3-24-16-10-14(18(22)26-13(2)11-19)4-5-15(16)25-12-17(21)20-6-8-23-9-7-20/h4-5,10,13H,3,6-9,12H2,1-2H3/t13-/m0/s1. The van der Waals surface area contributed by atoms with Crippen LogP contribution < -0.4 is 9.47 Å². The van der Waals surface area contributed by atoms with E-state index in [2.05, 4.69) is 0 Å². The van der Waals surface area contributed by atoms with E-state index in [4.69, 9.17) is 24.2 Å². The van der Waals surface area contributed by atoms with E-state index < -0.39 is 12.1 Å². The quantitative estimate of drug-likeness (QED) is 0.676. The molecule has 8 heteroatoms. The molecule has 1 aromatic rings. The SMILES string of the molecule is CCOc1cc(C(=O)O[C@@H](C)C#N)ccc1OCC(=O)N1CCOCC1. The van der Waals surface area contributed by atoms with E-state index in [9.17, 15) is 9.59 Å². The lowest BCUT2D eigenvalue weighted by molar-refractivity contribution is -0.137. The highest BCUT2D eigenvalue weighted by atomic mass is 16.5. The van der Waals surface area contributed by atoms with E-state index in [1.54, 1.807) is 17.9 Å². The zero-order valence-electron chi connectivity index (χ0n) is 14.9. The molecule has 1 heterocycles. The summed E-state index contributed by atoms with van der Waals surface area (Å²) in [5, 5.41) is 8.73. The Balaban J connectivity index is 2.04. The fraction of sp³-hybridized carbons (Fsp3) is 0.500. The number of hydrogen-bond donors (Lipinski definition) is 0. The number of nitrogens with zero attached hydrogens (tertiary/aromatic N) is 2. The second-order valence-electron chi connectivity index (χ2n) is 5.55. The zero-order valence-corrected chi connectivity index (χ0v) is 14.9. The summed E-state index contributed by atoms with van der Waals surface area (Å²) in [7, 11) is 0. The molecule has 0 unspecified atom stereocenters. The topological polar surface area (TPSA) is 98.1 Å². The number of morpholine rings is 1. The molecule has 1 aliphatic heterocycles. The Kier molecular flexibility index (Phi) is 7.24. The summed E-state index contributed by atoms with van der Waals surface area (Å²) in [4.78, 5) is 25.9. The first kappa shape index (κ1) is 19.5. The van der Waals surface area contributed by atoms with Crippen molar-refractivity contribution in [2.75, 3.05) is 39.5 Å². The Hall–Kier alpha value is -2.79. The van der Waals surface area contributed by atoms with E-state index in [1.807, 2.05) is 6.07 Å². The normalized spacial score (nSPS) is 14.9. The second kappa shape index (κ2) is 9.63. The largest absolute Gasteiger partial charge is 0.490 e. The zero-order chi connectivity index (χ0) is 18.9. The third-order valence-electron chi connectivity index (χ3n) is 3.66. The van der Waals surface area contributed by atoms with Crippen LogP contribution in [-0.4, -0.2) is 62.4 Å². The van der Waals surface area contributed by atoms with Gasteiger partial charge < -0.3 is 23.8 Å². The van der Waals surface area contributed by atoms with Crippen molar-refractivity contribution in [2.24, 2.45) is 0 Å². The van der Waals surface area contributed by atoms with Gasteiger partial charge in [0.15, 0.2) is 24.2 Å². The number of carbonyl (C=O) groups excluding carboxylic acids is 2. The molecule has 1 fully saturated rings. The van der Waals surface area contributed by atoms with Crippen LogP contribution in [-0.2, 0) is 14.3 Å². The summed E-state index contributed by atoms with van der Waals surface area (Å²) in [5.74, 6) is -0.0716. The first-order valence-electron chi connectivity index (χ1n) is 8.41. The number of benzene rings is 1. The molecule has 0 bridgehead atoms. The van der Waals surface area contributed by atoms with Crippen molar-refractivity contribution >= 4 is 11.9 Å². The number of hydrogen-bond acceptors (Lipinski definition) is 7. The minimum atomic E-state index is -0.847. The summed E-state index contributed by atoms with van der Waals surface area (Å²) in [5.41, 5.74) is 0.238. The predicted molar refractivity (Wildman–Crippen MR) is 91.0 cm³/mol. The first-order chi connectivity index (χ1) is 12.5. The van der Waals surface area contributed by atoms with Gasteiger partial charge in [0.25, 0.3) is 5.91 Å². The van der Waals surface area contributed by atoms with Gasteiger partial charge >= 0.3 is 5.97 Å². The predicted octanol–water partition coefficient (Wildman–Crippen LogP) is 1.39. The van der Waals surface area contributed by atoms with Crippen LogP contribution in [0.4, 0.5) is 0 Å². The Morgan fingerprint density at radius 2 is 2.00 bits per heavy atom. The number of carbonyl (C=O) groups is 2. The van der Waals surface area contributed by atoms with Crippen molar-refractivity contribution in [2.45, 2.75) is 20.0 Å². The molecule has 0 saturated carbocycles. The lowest BCUT2D eigenvalue weighted by atomic mass is 10.2. The van der Waals surface area contributed by atoms with Crippen LogP contribution in [0.15, 0.2) is 18.2 Å². The van der Waals surface area contributed by atoms with Crippen molar-refractivity contribution in [1.29, 1.82) is 5.26 Å². The summed E-state index contributed by atoms with van der Waals surface area (Å²) >= 11 is 0. The average Bonchev–Trinajstić information content (AvgIpc) is 2.67. The molecular weight excluding hydrogens is 340 g/mol. The lowest BCUT2D eigenvalue weighted by Gasteiger charge is -2.26. The molecule has 0 N–H and O–H groups in total. The Morgan fingerprint density at radius 1 is 1.27 bits per heavy atom. The Morgan fingerprint density at radius 3 is 2.65 bits per heavy atom. The van der Waals surface area contributed by atoms with Crippen molar-refractivity contribution in [3.05, 3.63) is 23.8 Å². The molecule has 0 aliphatic carbocycles. The summed E-state index contributed by atoms with van der Waals surface area (Å²) in [6.07, 6.45) is -0.847. The molecule has 8 nitrogen and oxygen atoms in total. The maximum atomic E-state index is 12.2. The summed E-state index contributed by atoms with van der Waals surface area (Å²) in [6, 6.07) is 6.36. The van der Waals surface area contributed by atoms with Crippen LogP contribution >= 0.6 is 0 Å².